The van der Waals surface area contributed by atoms with E-state index >= 15 is 0 Å². The number of rotatable bonds is 8. The first kappa shape index (κ1) is 137. The van der Waals surface area contributed by atoms with Gasteiger partial charge in [0.25, 0.3) is 0 Å². The van der Waals surface area contributed by atoms with Crippen LogP contribution in [0.15, 0.2) is 45.7 Å². The number of fused-ring (bicyclic) bond motifs is 8. The first-order valence-electron chi connectivity index (χ1n) is 53.2. The van der Waals surface area contributed by atoms with Gasteiger partial charge in [0.2, 0.25) is 17.1 Å². The molecule has 3 saturated carbocycles. The predicted octanol–water partition coefficient (Wildman–Crippen LogP) is 18.9. The number of aldehydes is 1. The number of aromatic nitrogens is 1. The second kappa shape index (κ2) is 55.1. The zero-order valence-electron chi connectivity index (χ0n) is 97.3. The largest absolute Gasteiger partial charge is 1.00 e. The quantitative estimate of drug-likeness (QED) is 0.0544. The Morgan fingerprint density at radius 1 is 0.455 bits per heavy atom. The topological polar surface area (TPSA) is 320 Å². The normalized spacial score (nSPS) is 36.4. The second-order valence-electron chi connectivity index (χ2n) is 51.9. The van der Waals surface area contributed by atoms with Crippen molar-refractivity contribution in [3.8, 4) is 0 Å². The number of nitrogens with zero attached hydrogens (tertiary/aromatic N) is 4. The average molecular weight is 2130 g/mol. The van der Waals surface area contributed by atoms with Crippen molar-refractivity contribution in [3.05, 3.63) is 86.8 Å². The average Bonchev–Trinajstić information content (AvgIpc) is 1.20. The summed E-state index contributed by atoms with van der Waals surface area (Å²) in [5.74, 6) is 7.77. The van der Waals surface area contributed by atoms with Gasteiger partial charge in [0.1, 0.15) is 23.6 Å². The van der Waals surface area contributed by atoms with Crippen LogP contribution in [-0.2, 0) is 90.2 Å². The number of hydrogen-bond acceptors (Lipinski definition) is 22. The summed E-state index contributed by atoms with van der Waals surface area (Å²) in [5, 5.41) is 37.4. The fourth-order valence-corrected chi connectivity index (χ4v) is 27.5. The molecular weight excluding hydrogens is 1930 g/mol. The molecule has 0 radical (unpaired) electrons. The number of halogens is 1. The van der Waals surface area contributed by atoms with Crippen LogP contribution in [0, 0.1) is 137 Å². The maximum absolute atomic E-state index is 12.4. The van der Waals surface area contributed by atoms with Crippen LogP contribution in [0.4, 0.5) is 0 Å². The van der Waals surface area contributed by atoms with E-state index in [4.69, 9.17) is 83.6 Å². The molecule has 30 heteroatoms. The molecule has 11 fully saturated rings. The molecule has 1 aromatic rings. The van der Waals surface area contributed by atoms with Gasteiger partial charge in [0, 0.05) is 50.9 Å². The maximum atomic E-state index is 12.4. The van der Waals surface area contributed by atoms with Crippen LogP contribution in [0.1, 0.15) is 389 Å². The van der Waals surface area contributed by atoms with Crippen molar-refractivity contribution in [2.75, 3.05) is 27.4 Å². The van der Waals surface area contributed by atoms with Crippen molar-refractivity contribution in [1.29, 1.82) is 1.28 Å². The fourth-order valence-electron chi connectivity index (χ4n) is 27.5. The first-order valence-corrected chi connectivity index (χ1v) is 56.3. The number of carbonyl (C=O) groups excluding carboxylic acids is 5. The van der Waals surface area contributed by atoms with Crippen LogP contribution in [0.3, 0.4) is 0 Å². The van der Waals surface area contributed by atoms with Crippen LogP contribution >= 0.6 is 28.3 Å². The third kappa shape index (κ3) is 29.6. The maximum Gasteiger partial charge on any atom is 1.00 e. The van der Waals surface area contributed by atoms with Crippen molar-refractivity contribution in [1.82, 2.24) is 5.16 Å². The van der Waals surface area contributed by atoms with Gasteiger partial charge in [-0.1, -0.05) is 267 Å². The summed E-state index contributed by atoms with van der Waals surface area (Å²) >= 11 is 4.31. The Bertz CT molecular complexity index is 4590. The molecular formula is C115H195ClN5Na2O19P2S+. The smallest absolute Gasteiger partial charge is 0.857 e. The first-order chi connectivity index (χ1) is 65.5. The van der Waals surface area contributed by atoms with E-state index in [-0.39, 0.29) is 235 Å². The van der Waals surface area contributed by atoms with Gasteiger partial charge in [0.15, 0.2) is 41.9 Å². The molecule has 3 unspecified atom stereocenters. The third-order valence-corrected chi connectivity index (χ3v) is 35.7. The van der Waals surface area contributed by atoms with E-state index in [0.29, 0.717) is 84.1 Å². The molecule has 9 heterocycles. The number of aliphatic hydroxyl groups is 1. The molecule has 1 spiro atoms. The van der Waals surface area contributed by atoms with Gasteiger partial charge in [0.05, 0.1) is 156 Å². The Morgan fingerprint density at radius 3 is 1.12 bits per heavy atom. The number of hydrogen-bond donors (Lipinski definition) is 3. The summed E-state index contributed by atoms with van der Waals surface area (Å²) in [4.78, 5) is 70.9. The van der Waals surface area contributed by atoms with Gasteiger partial charge in [-0.3, -0.25) is 9.59 Å². The van der Waals surface area contributed by atoms with Gasteiger partial charge < -0.3 is 82.1 Å². The summed E-state index contributed by atoms with van der Waals surface area (Å²) in [6.07, 6.45) is 30.2. The molecule has 1 aromatic heterocycles. The van der Waals surface area contributed by atoms with Gasteiger partial charge >= 0.3 is 60.4 Å². The van der Waals surface area contributed by atoms with E-state index in [1.165, 1.54) is 37.7 Å². The number of ether oxygens (including phenoxy) is 9. The van der Waals surface area contributed by atoms with Gasteiger partial charge in [-0.05, 0) is 190 Å². The van der Waals surface area contributed by atoms with Gasteiger partial charge in [-0.25, -0.2) is 20.4 Å². The second-order valence-corrected chi connectivity index (χ2v) is 54.6. The minimum atomic E-state index is -0.870. The molecule has 4 N–H and O–H groups in total. The number of Topliss-reactive ketones (excluding diaryl/α,β-unsaturated/α-hetero) is 4. The molecule has 24 nitrogen and oxygen atoms in total. The zero-order chi connectivity index (χ0) is 109. The summed E-state index contributed by atoms with van der Waals surface area (Å²) in [6.45, 7) is 97.5. The predicted molar refractivity (Wildman–Crippen MR) is 577 cm³/mol. The van der Waals surface area contributed by atoms with Crippen LogP contribution in [0.5, 0.6) is 0 Å². The minimum absolute atomic E-state index is 0. The molecule has 8 aliphatic heterocycles. The molecule has 145 heavy (non-hydrogen) atoms. The Kier molecular flexibility index (Phi) is 52.0. The van der Waals surface area contributed by atoms with E-state index in [1.807, 2.05) is 73.7 Å². The Morgan fingerprint density at radius 2 is 0.766 bits per heavy atom. The van der Waals surface area contributed by atoms with Crippen molar-refractivity contribution < 1.29 is 151 Å². The fraction of sp³-hybridized carbons (Fsp3) is 0.852. The van der Waals surface area contributed by atoms with Crippen molar-refractivity contribution in [2.24, 2.45) is 124 Å². The SMILES string of the molecule is C.CC(C)[C@@H]1CC[C@@]2(C)CC(C=O)C(=O)C(C)(C)[C@@H]2O1.CC(C)[C@@H]1CC[C@@]2(C)CCC(=O)C(C)(C)[C@@H]2O1.CC(C)[C@@H]1CC[C@@]2(C)CCC3(OCCO3)C(C)(C)[C@@H]2O1.CC(C)[C@@H]1CC[C@@]2(C)Cc3cnoc3C(C)(C)[C@@H]2O1.C[O-].C[O-].Cl.NO.[3H][P+](P)=S.[C-]#[N+]C1=C(O)C(C)(C)[C@@H]2O[C@H](C(C)C)CC[C@@]2(C)C1.[C-]#[N+]C1=C[C@@]2(C)CC[C@H](C(C)C)O[C@@H]2C(C)(C)C1=O.[C-]#[N+]C1=C[C@]2(C)CC[C@@H](C(C)C)O[C@H]2C(C)(C)C1=O.[Na+].[Na+]. The molecule has 15 aliphatic rings. The molecule has 7 aliphatic carbocycles. The Labute approximate surface area is 938 Å². The van der Waals surface area contributed by atoms with Crippen LogP contribution in [0.25, 0.3) is 14.5 Å². The number of allylic oxidation sites excluding steroid dienone is 3. The van der Waals surface area contributed by atoms with E-state index in [0.717, 1.165) is 129 Å². The summed E-state index contributed by atoms with van der Waals surface area (Å²) < 4.78 is 68.7. The van der Waals surface area contributed by atoms with E-state index in [2.05, 4.69) is 233 Å². The van der Waals surface area contributed by atoms with Crippen LogP contribution < -0.4 is 75.2 Å². The number of carbonyl (C=O) groups is 5. The van der Waals surface area contributed by atoms with Gasteiger partial charge in [-0.15, -0.1) is 12.4 Å². The molecule has 0 aromatic carbocycles. The van der Waals surface area contributed by atoms with Crippen LogP contribution in [0.2, 0.25) is 0 Å². The Hall–Kier alpha value is -2.23. The van der Waals surface area contributed by atoms with E-state index < -0.39 is 40.4 Å². The van der Waals surface area contributed by atoms with E-state index in [9.17, 15) is 29.1 Å². The third-order valence-electron chi connectivity index (χ3n) is 35.7. The van der Waals surface area contributed by atoms with Crippen molar-refractivity contribution >= 4 is 69.6 Å². The molecule has 0 bridgehead atoms. The monoisotopic (exact) mass is 2130 g/mol. The summed E-state index contributed by atoms with van der Waals surface area (Å²) in [7, 11) is 3.70. The number of nitrogens with two attached hydrogens (primary N) is 1. The van der Waals surface area contributed by atoms with Crippen LogP contribution in [-0.4, -0.2) is 165 Å². The number of aliphatic hydroxyl groups excluding tert-OH is 1. The van der Waals surface area contributed by atoms with Crippen molar-refractivity contribution in [2.45, 2.75) is 481 Å². The van der Waals surface area contributed by atoms with E-state index in [1.54, 1.807) is 0 Å². The molecule has 8 saturated heterocycles. The standard InChI is InChI=1S/C17H30O3.2C16H25NO2.2C16H23NO2.C16H26O3.C15H26O2.2CH3O.CH4.ClH.H3NO.2Na.H2P2S/c1-12(2)13-6-7-16(5)8-9-17(18-10-11-19-17)15(3,4)14(16)20-13;1-10(2)12-6-7-16(5)8-11-9-17-19-13(11)15(3,4)14(16)18-12;3*1-10(2)12-7-8-16(5)9-11(17-6)13(18)15(3,4)14(16)19-12;1-10(2)12-6-7-16(5)8-11(9-17)13(18)15(3,4)14(16)19-12;1-10(2)11-6-8-15(5)9-7-12(16)14(3,4)13(15)17-11;2*1-2;;;1-2;;;1-2-3/h12-14H,6-11H2,1-5H3;9-10,12,14H,6-8H2,1-5H3;10,12,14,18H,7-9H2,1-5H3;2*9-10,12,14H,7-8H2,1-5H3;9-12,14H,6-8H2,1-5H3;10-11,13H,6-9H2,1-5H3;2*1H3;1H4;1H;2H,1H2;;;1H2/q;;;;;;;2*-1;;;;2*+1;/p+1/t13-,14-,16-;4*12-,14-,16-;11?,12-,14-,16-;11-,13-,15-;;;;;;;;/m0001000......../s1/i/hT. The summed E-state index contributed by atoms with van der Waals surface area (Å²) in [5.41, 5.74) is -0.138. The summed E-state index contributed by atoms with van der Waals surface area (Å²) in [6, 6.07) is 0. The Balaban J connectivity index is 0.000000564. The zero-order valence-corrected chi connectivity index (χ0v) is 104. The van der Waals surface area contributed by atoms with Gasteiger partial charge in [-0.2, -0.15) is 14.2 Å². The minimum Gasteiger partial charge on any atom is -0.857 e. The van der Waals surface area contributed by atoms with Crippen molar-refractivity contribution in [3.63, 3.8) is 0 Å². The molecule has 0 amide bonds. The molecule has 24 atom stereocenters. The molecule has 818 valence electrons. The number of ketones is 4. The molecule has 16 rings (SSSR count).